The van der Waals surface area contributed by atoms with Gasteiger partial charge >= 0.3 is 0 Å². The number of hydrogen-bond acceptors (Lipinski definition) is 2. The molecule has 0 radical (unpaired) electrons. The maximum atomic E-state index is 10.5. The van der Waals surface area contributed by atoms with Crippen LogP contribution < -0.4 is 4.74 Å². The van der Waals surface area contributed by atoms with E-state index in [-0.39, 0.29) is 5.41 Å². The first kappa shape index (κ1) is 26.0. The van der Waals surface area contributed by atoms with Crippen molar-refractivity contribution in [2.45, 2.75) is 91.8 Å². The first-order valence-corrected chi connectivity index (χ1v) is 12.4. The van der Waals surface area contributed by atoms with Gasteiger partial charge in [-0.3, -0.25) is 0 Å². The van der Waals surface area contributed by atoms with Crippen molar-refractivity contribution in [3.8, 4) is 5.75 Å². The minimum atomic E-state index is -0.875. The molecule has 0 saturated heterocycles. The van der Waals surface area contributed by atoms with E-state index in [1.54, 1.807) is 0 Å². The first-order valence-electron chi connectivity index (χ1n) is 12.4. The van der Waals surface area contributed by atoms with Crippen LogP contribution in [0.15, 0.2) is 60.7 Å². The van der Waals surface area contributed by atoms with Crippen molar-refractivity contribution in [3.63, 3.8) is 0 Å². The highest BCUT2D eigenvalue weighted by atomic mass is 16.5. The number of rotatable bonds is 7. The smallest absolute Gasteiger partial charge is 0.128 e. The van der Waals surface area contributed by atoms with Gasteiger partial charge in [0.1, 0.15) is 11.4 Å². The number of hydrogen-bond donors (Lipinski definition) is 1. The van der Waals surface area contributed by atoms with Gasteiger partial charge in [0.25, 0.3) is 0 Å². The topological polar surface area (TPSA) is 29.5 Å². The van der Waals surface area contributed by atoms with Gasteiger partial charge in [0, 0.05) is 5.41 Å². The first-order chi connectivity index (χ1) is 15.6. The summed E-state index contributed by atoms with van der Waals surface area (Å²) >= 11 is 0. The highest BCUT2D eigenvalue weighted by Gasteiger charge is 2.28. The molecule has 34 heavy (non-hydrogen) atoms. The Morgan fingerprint density at radius 1 is 0.676 bits per heavy atom. The Labute approximate surface area is 207 Å². The van der Waals surface area contributed by atoms with Crippen LogP contribution in [0.25, 0.3) is 0 Å². The van der Waals surface area contributed by atoms with Crippen molar-refractivity contribution in [1.82, 2.24) is 0 Å². The lowest BCUT2D eigenvalue weighted by Crippen LogP contribution is -2.26. The maximum Gasteiger partial charge on any atom is 0.128 e. The minimum Gasteiger partial charge on any atom is -0.483 e. The molecule has 0 atom stereocenters. The lowest BCUT2D eigenvalue weighted by Gasteiger charge is -2.31. The molecule has 0 bridgehead atoms. The lowest BCUT2D eigenvalue weighted by atomic mass is 9.77. The van der Waals surface area contributed by atoms with Gasteiger partial charge in [-0.25, -0.2) is 0 Å². The lowest BCUT2D eigenvalue weighted by molar-refractivity contribution is 0.0767. The normalized spacial score (nSPS) is 12.8. The molecule has 0 unspecified atom stereocenters. The van der Waals surface area contributed by atoms with Crippen molar-refractivity contribution in [2.24, 2.45) is 0 Å². The number of aryl methyl sites for hydroxylation is 2. The van der Waals surface area contributed by atoms with Crippen LogP contribution in [-0.4, -0.2) is 5.11 Å². The molecular formula is C32H42O2. The summed E-state index contributed by atoms with van der Waals surface area (Å²) in [6.45, 7) is 20.9. The number of aliphatic hydroxyl groups is 1. The van der Waals surface area contributed by atoms with E-state index in [9.17, 15) is 5.11 Å². The Morgan fingerprint density at radius 3 is 1.50 bits per heavy atom. The summed E-state index contributed by atoms with van der Waals surface area (Å²) in [6.07, 6.45) is 0. The quantitative estimate of drug-likeness (QED) is 0.386. The second kappa shape index (κ2) is 9.23. The van der Waals surface area contributed by atoms with Gasteiger partial charge in [-0.2, -0.15) is 0 Å². The monoisotopic (exact) mass is 458 g/mol. The minimum absolute atomic E-state index is 0.0831. The summed E-state index contributed by atoms with van der Waals surface area (Å²) in [5.74, 6) is 1.36. The Hall–Kier alpha value is -2.58. The number of benzene rings is 3. The fourth-order valence-corrected chi connectivity index (χ4v) is 5.04. The van der Waals surface area contributed by atoms with Crippen LogP contribution in [-0.2, 0) is 16.6 Å². The predicted octanol–water partition coefficient (Wildman–Crippen LogP) is 8.29. The van der Waals surface area contributed by atoms with E-state index < -0.39 is 11.2 Å². The molecule has 1 N–H and O–H groups in total. The molecule has 182 valence electrons. The molecule has 2 nitrogen and oxygen atoms in total. The summed E-state index contributed by atoms with van der Waals surface area (Å²) in [6, 6.07) is 21.9. The Bertz CT molecular complexity index is 1100. The van der Waals surface area contributed by atoms with Crippen LogP contribution in [0.4, 0.5) is 0 Å². The molecule has 0 saturated carbocycles. The van der Waals surface area contributed by atoms with Crippen LogP contribution in [0.5, 0.6) is 5.75 Å². The van der Waals surface area contributed by atoms with E-state index in [4.69, 9.17) is 4.74 Å². The molecule has 0 amide bonds. The third kappa shape index (κ3) is 5.39. The Kier molecular flexibility index (Phi) is 7.06. The van der Waals surface area contributed by atoms with Gasteiger partial charge < -0.3 is 9.84 Å². The molecule has 0 heterocycles. The average Bonchev–Trinajstić information content (AvgIpc) is 2.72. The average molecular weight is 459 g/mol. The van der Waals surface area contributed by atoms with Crippen LogP contribution in [0.1, 0.15) is 100 Å². The molecule has 0 fully saturated rings. The van der Waals surface area contributed by atoms with Crippen LogP contribution >= 0.6 is 0 Å². The molecule has 2 heteroatoms. The summed E-state index contributed by atoms with van der Waals surface area (Å²) in [5.41, 5.74) is 6.70. The fraction of sp³-hybridized carbons (Fsp3) is 0.438. The third-order valence-corrected chi connectivity index (χ3v) is 7.09. The second-order valence-electron chi connectivity index (χ2n) is 11.6. The second-order valence-corrected chi connectivity index (χ2v) is 11.6. The van der Waals surface area contributed by atoms with Gasteiger partial charge in [-0.1, -0.05) is 76.2 Å². The molecule has 0 spiro atoms. The van der Waals surface area contributed by atoms with Crippen molar-refractivity contribution in [1.29, 1.82) is 0 Å². The molecule has 0 aliphatic rings. The maximum absolute atomic E-state index is 10.5. The molecule has 0 aromatic heterocycles. The van der Waals surface area contributed by atoms with Crippen LogP contribution in [0.3, 0.4) is 0 Å². The van der Waals surface area contributed by atoms with Crippen molar-refractivity contribution in [2.75, 3.05) is 0 Å². The van der Waals surface area contributed by atoms with Crippen LogP contribution in [0.2, 0.25) is 0 Å². The van der Waals surface area contributed by atoms with Crippen molar-refractivity contribution < 1.29 is 9.84 Å². The van der Waals surface area contributed by atoms with Gasteiger partial charge in [0.2, 0.25) is 0 Å². The molecule has 3 aromatic rings. The van der Waals surface area contributed by atoms with Gasteiger partial charge in [-0.15, -0.1) is 0 Å². The molecule has 0 aliphatic heterocycles. The highest BCUT2D eigenvalue weighted by Crippen LogP contribution is 2.36. The zero-order valence-electron chi connectivity index (χ0n) is 22.7. The zero-order chi connectivity index (χ0) is 25.5. The predicted molar refractivity (Wildman–Crippen MR) is 144 cm³/mol. The van der Waals surface area contributed by atoms with Crippen molar-refractivity contribution >= 4 is 0 Å². The molecule has 0 aliphatic carbocycles. The van der Waals surface area contributed by atoms with E-state index in [2.05, 4.69) is 90.1 Å². The molecule has 3 rings (SSSR count). The van der Waals surface area contributed by atoms with Gasteiger partial charge in [-0.05, 0) is 98.5 Å². The SMILES string of the molecule is Cc1cc(OC(C)(C)c2ccc(C(C)(C)c3ccc(C(C)C)cc3)cc2)cc(C)c1C(C)(C)O. The van der Waals surface area contributed by atoms with E-state index in [1.807, 2.05) is 39.8 Å². The standard InChI is InChI=1S/C32H42O2/c1-21(2)24-11-13-25(14-12-24)30(5,6)26-15-17-27(18-16-26)32(9,10)34-28-19-22(3)29(23(4)20-28)31(7,8)33/h11-21,33H,1-10H3. The van der Waals surface area contributed by atoms with E-state index >= 15 is 0 Å². The Balaban J connectivity index is 1.84. The Morgan fingerprint density at radius 2 is 1.09 bits per heavy atom. The largest absolute Gasteiger partial charge is 0.483 e. The summed E-state index contributed by atoms with van der Waals surface area (Å²) in [4.78, 5) is 0. The number of ether oxygens (including phenoxy) is 1. The van der Waals surface area contributed by atoms with Crippen LogP contribution in [0, 0.1) is 13.8 Å². The molecular weight excluding hydrogens is 416 g/mol. The van der Waals surface area contributed by atoms with E-state index in [0.717, 1.165) is 28.0 Å². The summed E-state index contributed by atoms with van der Waals surface area (Å²) in [5, 5.41) is 10.5. The summed E-state index contributed by atoms with van der Waals surface area (Å²) < 4.78 is 6.48. The highest BCUT2D eigenvalue weighted by molar-refractivity contribution is 5.45. The zero-order valence-corrected chi connectivity index (χ0v) is 22.7. The summed E-state index contributed by atoms with van der Waals surface area (Å²) in [7, 11) is 0. The van der Waals surface area contributed by atoms with Crippen molar-refractivity contribution in [3.05, 3.63) is 99.6 Å². The fourth-order valence-electron chi connectivity index (χ4n) is 5.04. The molecule has 3 aromatic carbocycles. The van der Waals surface area contributed by atoms with Gasteiger partial charge in [0.15, 0.2) is 0 Å². The third-order valence-electron chi connectivity index (χ3n) is 7.09. The van der Waals surface area contributed by atoms with E-state index in [0.29, 0.717) is 5.92 Å². The van der Waals surface area contributed by atoms with Gasteiger partial charge in [0.05, 0.1) is 5.60 Å². The van der Waals surface area contributed by atoms with E-state index in [1.165, 1.54) is 16.7 Å².